The number of aryl methyl sites for hydroxylation is 1. The van der Waals surface area contributed by atoms with Gasteiger partial charge in [-0.15, -0.1) is 0 Å². The molecule has 5 heteroatoms. The Balaban J connectivity index is 2.71. The van der Waals surface area contributed by atoms with Crippen molar-refractivity contribution in [3.63, 3.8) is 0 Å². The Morgan fingerprint density at radius 1 is 1.37 bits per heavy atom. The fraction of sp³-hybridized carbons (Fsp3) is 0.714. The summed E-state index contributed by atoms with van der Waals surface area (Å²) in [6.07, 6.45) is 4.60. The van der Waals surface area contributed by atoms with Gasteiger partial charge in [0.15, 0.2) is 0 Å². The molecule has 0 spiro atoms. The molecule has 0 N–H and O–H groups in total. The quantitative estimate of drug-likeness (QED) is 0.770. The van der Waals surface area contributed by atoms with E-state index in [2.05, 4.69) is 0 Å². The Morgan fingerprint density at radius 2 is 2.00 bits per heavy atom. The number of imidazole rings is 1. The van der Waals surface area contributed by atoms with Gasteiger partial charge in [0.05, 0.1) is 6.42 Å². The van der Waals surface area contributed by atoms with Gasteiger partial charge in [0.25, 0.3) is 0 Å². The Bertz CT molecular complexity index is 480. The lowest BCUT2D eigenvalue weighted by Gasteiger charge is -2.21. The van der Waals surface area contributed by atoms with Crippen LogP contribution in [0.15, 0.2) is 17.2 Å². The largest absolute Gasteiger partial charge is 0.460 e. The Labute approximate surface area is 114 Å². The minimum atomic E-state index is -0.490. The van der Waals surface area contributed by atoms with E-state index in [4.69, 9.17) is 4.74 Å². The summed E-state index contributed by atoms with van der Waals surface area (Å²) in [5.74, 6) is -0.282. The second-order valence-electron chi connectivity index (χ2n) is 5.82. The first kappa shape index (κ1) is 15.5. The molecule has 0 radical (unpaired) electrons. The first-order valence-corrected chi connectivity index (χ1v) is 6.73. The van der Waals surface area contributed by atoms with Gasteiger partial charge in [0, 0.05) is 25.0 Å². The van der Waals surface area contributed by atoms with Crippen molar-refractivity contribution >= 4 is 5.97 Å². The maximum absolute atomic E-state index is 12.0. The van der Waals surface area contributed by atoms with Crippen LogP contribution in [0.5, 0.6) is 0 Å². The number of hydrogen-bond acceptors (Lipinski definition) is 3. The Hall–Kier alpha value is -1.52. The summed E-state index contributed by atoms with van der Waals surface area (Å²) in [7, 11) is 0. The van der Waals surface area contributed by atoms with Crippen molar-refractivity contribution in [3.8, 4) is 0 Å². The van der Waals surface area contributed by atoms with Gasteiger partial charge in [-0.05, 0) is 34.1 Å². The third-order valence-electron chi connectivity index (χ3n) is 2.70. The molecule has 1 rings (SSSR count). The monoisotopic (exact) mass is 268 g/mol. The Morgan fingerprint density at radius 3 is 2.53 bits per heavy atom. The summed E-state index contributed by atoms with van der Waals surface area (Å²) in [6, 6.07) is -0.194. The van der Waals surface area contributed by atoms with Crippen molar-refractivity contribution in [2.24, 2.45) is 0 Å². The zero-order valence-corrected chi connectivity index (χ0v) is 12.5. The molecule has 0 amide bonds. The van der Waals surface area contributed by atoms with Gasteiger partial charge < -0.3 is 4.74 Å². The van der Waals surface area contributed by atoms with Gasteiger partial charge in [0.1, 0.15) is 5.60 Å². The number of carbonyl (C=O) groups excluding carboxylic acids is 1. The van der Waals surface area contributed by atoms with Gasteiger partial charge in [-0.1, -0.05) is 6.92 Å². The zero-order valence-electron chi connectivity index (χ0n) is 12.5. The summed E-state index contributed by atoms with van der Waals surface area (Å²) in [6.45, 7) is 10.1. The lowest BCUT2D eigenvalue weighted by Crippen LogP contribution is -2.29. The van der Waals surface area contributed by atoms with Crippen LogP contribution in [0, 0.1) is 0 Å². The first-order chi connectivity index (χ1) is 8.74. The Kier molecular flexibility index (Phi) is 4.97. The smallest absolute Gasteiger partial charge is 0.328 e. The molecular formula is C14H24N2O3. The third-order valence-corrected chi connectivity index (χ3v) is 2.70. The molecule has 19 heavy (non-hydrogen) atoms. The molecule has 1 atom stereocenters. The number of esters is 1. The molecule has 0 aliphatic heterocycles. The molecule has 0 saturated carbocycles. The fourth-order valence-corrected chi connectivity index (χ4v) is 1.90. The van der Waals surface area contributed by atoms with Gasteiger partial charge in [-0.2, -0.15) is 0 Å². The highest BCUT2D eigenvalue weighted by atomic mass is 16.6. The van der Waals surface area contributed by atoms with Gasteiger partial charge in [-0.3, -0.25) is 13.9 Å². The molecule has 108 valence electrons. The lowest BCUT2D eigenvalue weighted by atomic mass is 10.2. The topological polar surface area (TPSA) is 53.2 Å². The van der Waals surface area contributed by atoms with Gasteiger partial charge in [-0.25, -0.2) is 4.79 Å². The number of rotatable bonds is 5. The van der Waals surface area contributed by atoms with E-state index in [0.29, 0.717) is 6.54 Å². The van der Waals surface area contributed by atoms with Crippen molar-refractivity contribution < 1.29 is 9.53 Å². The number of carbonyl (C=O) groups is 1. The van der Waals surface area contributed by atoms with E-state index in [1.54, 1.807) is 21.5 Å². The first-order valence-electron chi connectivity index (χ1n) is 6.73. The molecule has 5 nitrogen and oxygen atoms in total. The molecule has 0 bridgehead atoms. The van der Waals surface area contributed by atoms with Crippen molar-refractivity contribution in [1.82, 2.24) is 9.13 Å². The van der Waals surface area contributed by atoms with Crippen molar-refractivity contribution in [1.29, 1.82) is 0 Å². The molecule has 1 heterocycles. The summed E-state index contributed by atoms with van der Waals surface area (Å²) < 4.78 is 8.50. The third kappa shape index (κ3) is 4.58. The second-order valence-corrected chi connectivity index (χ2v) is 5.82. The van der Waals surface area contributed by atoms with Crippen LogP contribution in [0.2, 0.25) is 0 Å². The van der Waals surface area contributed by atoms with Crippen LogP contribution >= 0.6 is 0 Å². The van der Waals surface area contributed by atoms with E-state index in [1.165, 1.54) is 0 Å². The molecule has 1 aromatic heterocycles. The SMILES string of the molecule is CCCn1ccn(C(C)CC(=O)OC(C)(C)C)c1=O. The van der Waals surface area contributed by atoms with Crippen LogP contribution in [-0.4, -0.2) is 20.7 Å². The number of hydrogen-bond donors (Lipinski definition) is 0. The van der Waals surface area contributed by atoms with Crippen molar-refractivity contribution in [2.45, 2.75) is 65.6 Å². The van der Waals surface area contributed by atoms with Crippen LogP contribution in [0.4, 0.5) is 0 Å². The van der Waals surface area contributed by atoms with Crippen molar-refractivity contribution in [2.75, 3.05) is 0 Å². The van der Waals surface area contributed by atoms with Crippen LogP contribution in [0.3, 0.4) is 0 Å². The summed E-state index contributed by atoms with van der Waals surface area (Å²) in [5, 5.41) is 0. The molecular weight excluding hydrogens is 244 g/mol. The van der Waals surface area contributed by atoms with Crippen LogP contribution in [0.25, 0.3) is 0 Å². The highest BCUT2D eigenvalue weighted by Crippen LogP contribution is 2.14. The minimum absolute atomic E-state index is 0.0714. The van der Waals surface area contributed by atoms with E-state index in [0.717, 1.165) is 6.42 Å². The second kappa shape index (κ2) is 6.08. The predicted octanol–water partition coefficient (Wildman–Crippen LogP) is 2.35. The number of ether oxygens (including phenoxy) is 1. The predicted molar refractivity (Wildman–Crippen MR) is 74.2 cm³/mol. The van der Waals surface area contributed by atoms with Crippen LogP contribution < -0.4 is 5.69 Å². The van der Waals surface area contributed by atoms with E-state index in [-0.39, 0.29) is 24.1 Å². The van der Waals surface area contributed by atoms with E-state index >= 15 is 0 Å². The molecule has 0 aliphatic rings. The highest BCUT2D eigenvalue weighted by molar-refractivity contribution is 5.70. The lowest BCUT2D eigenvalue weighted by molar-refractivity contribution is -0.155. The van der Waals surface area contributed by atoms with Crippen LogP contribution in [0.1, 0.15) is 53.5 Å². The van der Waals surface area contributed by atoms with E-state index in [9.17, 15) is 9.59 Å². The number of aromatic nitrogens is 2. The van der Waals surface area contributed by atoms with E-state index < -0.39 is 5.60 Å². The standard InChI is InChI=1S/C14H24N2O3/c1-6-7-15-8-9-16(13(15)18)11(2)10-12(17)19-14(3,4)5/h8-9,11H,6-7,10H2,1-5H3. The summed E-state index contributed by atoms with van der Waals surface area (Å²) >= 11 is 0. The maximum atomic E-state index is 12.0. The van der Waals surface area contributed by atoms with Gasteiger partial charge >= 0.3 is 11.7 Å². The van der Waals surface area contributed by atoms with E-state index in [1.807, 2.05) is 34.6 Å². The summed E-state index contributed by atoms with van der Waals surface area (Å²) in [5.41, 5.74) is -0.562. The van der Waals surface area contributed by atoms with Crippen molar-refractivity contribution in [3.05, 3.63) is 22.9 Å². The number of nitrogens with zero attached hydrogens (tertiary/aromatic N) is 2. The van der Waals surface area contributed by atoms with Gasteiger partial charge in [0.2, 0.25) is 0 Å². The van der Waals surface area contributed by atoms with Crippen LogP contribution in [-0.2, 0) is 16.1 Å². The molecule has 1 aromatic rings. The normalized spacial score (nSPS) is 13.3. The molecule has 0 aromatic carbocycles. The fourth-order valence-electron chi connectivity index (χ4n) is 1.90. The maximum Gasteiger partial charge on any atom is 0.328 e. The highest BCUT2D eigenvalue weighted by Gasteiger charge is 2.20. The summed E-state index contributed by atoms with van der Waals surface area (Å²) in [4.78, 5) is 23.8. The molecule has 0 saturated heterocycles. The molecule has 0 fully saturated rings. The molecule has 1 unspecified atom stereocenters. The zero-order chi connectivity index (χ0) is 14.6. The average Bonchev–Trinajstić information content (AvgIpc) is 2.58. The minimum Gasteiger partial charge on any atom is -0.460 e. The average molecular weight is 268 g/mol. The molecule has 0 aliphatic carbocycles.